The van der Waals surface area contributed by atoms with Crippen molar-refractivity contribution in [2.24, 2.45) is 4.99 Å². The van der Waals surface area contributed by atoms with E-state index in [1.165, 1.54) is 10.4 Å². The number of aliphatic imine (C=N–C) groups is 1. The number of aryl methyl sites for hydroxylation is 3. The Hall–Kier alpha value is -1.16. The number of aromatic nitrogens is 2. The summed E-state index contributed by atoms with van der Waals surface area (Å²) in [4.78, 5) is 10.1. The molecule has 0 radical (unpaired) electrons. The fourth-order valence-corrected chi connectivity index (χ4v) is 2.84. The van der Waals surface area contributed by atoms with Crippen LogP contribution in [-0.4, -0.2) is 29.2 Å². The van der Waals surface area contributed by atoms with Crippen LogP contribution in [0.3, 0.4) is 0 Å². The average molecular weight is 449 g/mol. The van der Waals surface area contributed by atoms with E-state index in [2.05, 4.69) is 39.6 Å². The number of halogens is 1. The monoisotopic (exact) mass is 449 g/mol. The minimum atomic E-state index is 0. The maximum absolute atomic E-state index is 5.18. The summed E-state index contributed by atoms with van der Waals surface area (Å²) in [7, 11) is 0. The molecule has 128 valence electrons. The maximum atomic E-state index is 5.18. The SMILES string of the molecule is CCNC(=NCc1ncc(C)s1)NCCc1c(C)noc1C.I. The number of hydrogen-bond acceptors (Lipinski definition) is 5. The predicted molar refractivity (Wildman–Crippen MR) is 105 cm³/mol. The van der Waals surface area contributed by atoms with E-state index in [0.717, 1.165) is 41.9 Å². The maximum Gasteiger partial charge on any atom is 0.191 e. The van der Waals surface area contributed by atoms with E-state index in [1.807, 2.05) is 20.0 Å². The van der Waals surface area contributed by atoms with E-state index < -0.39 is 0 Å². The van der Waals surface area contributed by atoms with Gasteiger partial charge in [-0.1, -0.05) is 5.16 Å². The molecule has 0 aliphatic carbocycles. The molecule has 0 unspecified atom stereocenters. The Bertz CT molecular complexity index is 618. The summed E-state index contributed by atoms with van der Waals surface area (Å²) in [6.07, 6.45) is 2.75. The molecular weight excluding hydrogens is 425 g/mol. The van der Waals surface area contributed by atoms with Crippen molar-refractivity contribution >= 4 is 41.3 Å². The van der Waals surface area contributed by atoms with Crippen molar-refractivity contribution in [2.75, 3.05) is 13.1 Å². The van der Waals surface area contributed by atoms with Crippen LogP contribution in [0, 0.1) is 20.8 Å². The largest absolute Gasteiger partial charge is 0.361 e. The van der Waals surface area contributed by atoms with Crippen LogP contribution in [-0.2, 0) is 13.0 Å². The summed E-state index contributed by atoms with van der Waals surface area (Å²) in [5.74, 6) is 1.70. The van der Waals surface area contributed by atoms with E-state index in [1.54, 1.807) is 11.3 Å². The molecule has 2 N–H and O–H groups in total. The van der Waals surface area contributed by atoms with Gasteiger partial charge in [0.05, 0.1) is 12.2 Å². The number of thiazole rings is 1. The fourth-order valence-electron chi connectivity index (χ4n) is 2.13. The van der Waals surface area contributed by atoms with Crippen LogP contribution in [0.15, 0.2) is 15.7 Å². The summed E-state index contributed by atoms with van der Waals surface area (Å²) in [6.45, 7) is 10.2. The third-order valence-electron chi connectivity index (χ3n) is 3.23. The number of nitrogens with one attached hydrogen (secondary N) is 2. The van der Waals surface area contributed by atoms with E-state index >= 15 is 0 Å². The topological polar surface area (TPSA) is 75.3 Å². The van der Waals surface area contributed by atoms with E-state index in [4.69, 9.17) is 4.52 Å². The van der Waals surface area contributed by atoms with Crippen molar-refractivity contribution < 1.29 is 4.52 Å². The first-order chi connectivity index (χ1) is 10.6. The normalized spacial score (nSPS) is 11.2. The first-order valence-corrected chi connectivity index (χ1v) is 8.27. The molecule has 23 heavy (non-hydrogen) atoms. The Morgan fingerprint density at radius 3 is 2.65 bits per heavy atom. The van der Waals surface area contributed by atoms with Gasteiger partial charge < -0.3 is 15.2 Å². The predicted octanol–water partition coefficient (Wildman–Crippen LogP) is 2.97. The van der Waals surface area contributed by atoms with Gasteiger partial charge in [-0.25, -0.2) is 9.98 Å². The van der Waals surface area contributed by atoms with Gasteiger partial charge in [0, 0.05) is 29.7 Å². The lowest BCUT2D eigenvalue weighted by atomic mass is 10.1. The zero-order valence-corrected chi connectivity index (χ0v) is 17.1. The summed E-state index contributed by atoms with van der Waals surface area (Å²) < 4.78 is 5.18. The van der Waals surface area contributed by atoms with Crippen molar-refractivity contribution in [3.63, 3.8) is 0 Å². The van der Waals surface area contributed by atoms with Gasteiger partial charge in [0.2, 0.25) is 0 Å². The average Bonchev–Trinajstić information content (AvgIpc) is 3.04. The van der Waals surface area contributed by atoms with Gasteiger partial charge in [0.25, 0.3) is 0 Å². The van der Waals surface area contributed by atoms with Gasteiger partial charge in [-0.05, 0) is 34.1 Å². The second-order valence-electron chi connectivity index (χ2n) is 5.04. The highest BCUT2D eigenvalue weighted by atomic mass is 127. The van der Waals surface area contributed by atoms with Gasteiger partial charge in [-0.3, -0.25) is 0 Å². The van der Waals surface area contributed by atoms with Crippen LogP contribution in [0.5, 0.6) is 0 Å². The van der Waals surface area contributed by atoms with Crippen molar-refractivity contribution in [3.05, 3.63) is 33.1 Å². The Kier molecular flexibility index (Phi) is 8.53. The minimum absolute atomic E-state index is 0. The van der Waals surface area contributed by atoms with Crippen molar-refractivity contribution in [3.8, 4) is 0 Å². The van der Waals surface area contributed by atoms with Crippen LogP contribution in [0.1, 0.15) is 33.8 Å². The van der Waals surface area contributed by atoms with Crippen molar-refractivity contribution in [1.29, 1.82) is 0 Å². The lowest BCUT2D eigenvalue weighted by Crippen LogP contribution is -2.38. The number of hydrogen-bond donors (Lipinski definition) is 2. The molecule has 0 aromatic carbocycles. The number of rotatable bonds is 6. The molecule has 2 heterocycles. The summed E-state index contributed by atoms with van der Waals surface area (Å²) in [6, 6.07) is 0. The zero-order chi connectivity index (χ0) is 15.9. The molecule has 2 aromatic rings. The molecule has 2 rings (SSSR count). The van der Waals surface area contributed by atoms with Gasteiger partial charge >= 0.3 is 0 Å². The van der Waals surface area contributed by atoms with Crippen LogP contribution in [0.2, 0.25) is 0 Å². The molecular formula is C15H24IN5OS. The quantitative estimate of drug-likeness (QED) is 0.403. The fraction of sp³-hybridized carbons (Fsp3) is 0.533. The van der Waals surface area contributed by atoms with E-state index in [9.17, 15) is 0 Å². The van der Waals surface area contributed by atoms with E-state index in [0.29, 0.717) is 6.54 Å². The molecule has 0 aliphatic heterocycles. The van der Waals surface area contributed by atoms with Gasteiger partial charge in [-0.15, -0.1) is 35.3 Å². The second-order valence-corrected chi connectivity index (χ2v) is 6.36. The zero-order valence-electron chi connectivity index (χ0n) is 14.0. The first-order valence-electron chi connectivity index (χ1n) is 7.45. The van der Waals surface area contributed by atoms with Gasteiger partial charge in [0.15, 0.2) is 5.96 Å². The van der Waals surface area contributed by atoms with E-state index in [-0.39, 0.29) is 24.0 Å². The summed E-state index contributed by atoms with van der Waals surface area (Å²) in [5.41, 5.74) is 2.12. The second kappa shape index (κ2) is 9.86. The highest BCUT2D eigenvalue weighted by molar-refractivity contribution is 14.0. The molecule has 0 amide bonds. The molecule has 0 spiro atoms. The third kappa shape index (κ3) is 6.09. The van der Waals surface area contributed by atoms with Crippen molar-refractivity contribution in [1.82, 2.24) is 20.8 Å². The first kappa shape index (κ1) is 19.9. The third-order valence-corrected chi connectivity index (χ3v) is 4.13. The Morgan fingerprint density at radius 1 is 1.30 bits per heavy atom. The minimum Gasteiger partial charge on any atom is -0.361 e. The van der Waals surface area contributed by atoms with Crippen LogP contribution in [0.4, 0.5) is 0 Å². The lowest BCUT2D eigenvalue weighted by molar-refractivity contribution is 0.392. The standard InChI is InChI=1S/C15H23N5OS.HI/c1-5-16-15(19-9-14-18-8-10(2)22-14)17-7-6-13-11(3)20-21-12(13)4;/h8H,5-7,9H2,1-4H3,(H2,16,17,19);1H. The van der Waals surface area contributed by atoms with Crippen LogP contribution < -0.4 is 10.6 Å². The molecule has 0 saturated heterocycles. The highest BCUT2D eigenvalue weighted by Crippen LogP contribution is 2.13. The Morgan fingerprint density at radius 2 is 2.09 bits per heavy atom. The van der Waals surface area contributed by atoms with Gasteiger partial charge in [-0.2, -0.15) is 0 Å². The molecule has 0 saturated carbocycles. The van der Waals surface area contributed by atoms with Gasteiger partial charge in [0.1, 0.15) is 10.8 Å². The Balaban J connectivity index is 0.00000264. The highest BCUT2D eigenvalue weighted by Gasteiger charge is 2.08. The summed E-state index contributed by atoms with van der Waals surface area (Å²) in [5, 5.41) is 11.6. The molecule has 6 nitrogen and oxygen atoms in total. The summed E-state index contributed by atoms with van der Waals surface area (Å²) >= 11 is 1.68. The molecule has 0 aliphatic rings. The molecule has 8 heteroatoms. The van der Waals surface area contributed by atoms with Crippen LogP contribution in [0.25, 0.3) is 0 Å². The molecule has 0 atom stereocenters. The number of guanidine groups is 1. The van der Waals surface area contributed by atoms with Crippen LogP contribution >= 0.6 is 35.3 Å². The molecule has 0 bridgehead atoms. The Labute approximate surface area is 158 Å². The van der Waals surface area contributed by atoms with Crippen molar-refractivity contribution in [2.45, 2.75) is 40.7 Å². The molecule has 2 aromatic heterocycles. The lowest BCUT2D eigenvalue weighted by Gasteiger charge is -2.10. The smallest absolute Gasteiger partial charge is 0.191 e. The molecule has 0 fully saturated rings. The number of nitrogens with zero attached hydrogens (tertiary/aromatic N) is 3.